The predicted molar refractivity (Wildman–Crippen MR) is 155 cm³/mol. The average Bonchev–Trinajstić information content (AvgIpc) is 3.36. The Morgan fingerprint density at radius 3 is 2.26 bits per heavy atom. The monoisotopic (exact) mass is 543 g/mol. The van der Waals surface area contributed by atoms with E-state index in [1.165, 1.54) is 30.6 Å². The summed E-state index contributed by atoms with van der Waals surface area (Å²) in [5.74, 6) is 1.08. The number of rotatable bonds is 10. The Kier molecular flexibility index (Phi) is 8.59. The summed E-state index contributed by atoms with van der Waals surface area (Å²) in [5, 5.41) is 0.872. The van der Waals surface area contributed by atoms with Crippen LogP contribution >= 0.6 is 11.3 Å². The van der Waals surface area contributed by atoms with Gasteiger partial charge in [-0.3, -0.25) is 9.69 Å². The van der Waals surface area contributed by atoms with Gasteiger partial charge in [0.15, 0.2) is 5.78 Å². The van der Waals surface area contributed by atoms with E-state index in [2.05, 4.69) is 4.90 Å². The van der Waals surface area contributed by atoms with Crippen LogP contribution in [0, 0.1) is 0 Å². The summed E-state index contributed by atoms with van der Waals surface area (Å²) in [4.78, 5) is 29.3. The molecule has 7 heteroatoms. The van der Waals surface area contributed by atoms with E-state index in [4.69, 9.17) is 14.2 Å². The van der Waals surface area contributed by atoms with Gasteiger partial charge >= 0.3 is 5.97 Å². The number of esters is 1. The third-order valence-corrected chi connectivity index (χ3v) is 8.23. The number of methoxy groups -OCH3 is 1. The highest BCUT2D eigenvalue weighted by Gasteiger charge is 2.22. The number of thiophene rings is 1. The fourth-order valence-electron chi connectivity index (χ4n) is 4.93. The molecule has 6 nitrogen and oxygen atoms in total. The summed E-state index contributed by atoms with van der Waals surface area (Å²) in [7, 11) is 1.63. The average molecular weight is 544 g/mol. The van der Waals surface area contributed by atoms with Gasteiger partial charge in [-0.05, 0) is 93.0 Å². The molecule has 1 fully saturated rings. The minimum Gasteiger partial charge on any atom is -0.497 e. The van der Waals surface area contributed by atoms with Crippen LogP contribution in [0.25, 0.3) is 20.5 Å². The molecule has 3 aromatic carbocycles. The molecule has 1 aliphatic rings. The van der Waals surface area contributed by atoms with Crippen LogP contribution in [0.4, 0.5) is 0 Å². The predicted octanol–water partition coefficient (Wildman–Crippen LogP) is 6.85. The maximum Gasteiger partial charge on any atom is 0.338 e. The van der Waals surface area contributed by atoms with Gasteiger partial charge in [0.25, 0.3) is 0 Å². The normalized spacial score (nSPS) is 13.8. The van der Waals surface area contributed by atoms with E-state index in [0.717, 1.165) is 51.7 Å². The number of nitrogens with zero attached hydrogens (tertiary/aromatic N) is 1. The van der Waals surface area contributed by atoms with E-state index >= 15 is 0 Å². The van der Waals surface area contributed by atoms with Crippen LogP contribution in [-0.2, 0) is 4.74 Å². The summed E-state index contributed by atoms with van der Waals surface area (Å²) < 4.78 is 17.5. The summed E-state index contributed by atoms with van der Waals surface area (Å²) in [6.45, 7) is 5.94. The molecule has 0 N–H and O–H groups in total. The van der Waals surface area contributed by atoms with Crippen LogP contribution in [0.1, 0.15) is 52.5 Å². The van der Waals surface area contributed by atoms with Crippen LogP contribution < -0.4 is 9.47 Å². The smallest absolute Gasteiger partial charge is 0.338 e. The van der Waals surface area contributed by atoms with Crippen molar-refractivity contribution in [3.63, 3.8) is 0 Å². The number of fused-ring (bicyclic) bond motifs is 1. The van der Waals surface area contributed by atoms with Crippen molar-refractivity contribution < 1.29 is 23.8 Å². The number of likely N-dealkylation sites (tertiary alicyclic amines) is 1. The highest BCUT2D eigenvalue weighted by molar-refractivity contribution is 7.22. The maximum atomic E-state index is 13.9. The van der Waals surface area contributed by atoms with Crippen molar-refractivity contribution in [2.24, 2.45) is 0 Å². The molecule has 0 atom stereocenters. The first-order valence-corrected chi connectivity index (χ1v) is 14.3. The van der Waals surface area contributed by atoms with E-state index in [9.17, 15) is 9.59 Å². The van der Waals surface area contributed by atoms with Crippen molar-refractivity contribution in [1.82, 2.24) is 4.90 Å². The highest BCUT2D eigenvalue weighted by Crippen LogP contribution is 2.41. The number of ketones is 1. The summed E-state index contributed by atoms with van der Waals surface area (Å²) >= 11 is 1.54. The largest absolute Gasteiger partial charge is 0.497 e. The fraction of sp³-hybridized carbons (Fsp3) is 0.312. The van der Waals surface area contributed by atoms with Crippen LogP contribution in [0.5, 0.6) is 11.5 Å². The lowest BCUT2D eigenvalue weighted by Gasteiger charge is -2.26. The van der Waals surface area contributed by atoms with Crippen LogP contribution in [0.2, 0.25) is 0 Å². The molecule has 4 aromatic rings. The summed E-state index contributed by atoms with van der Waals surface area (Å²) in [6, 6.07) is 20.4. The van der Waals surface area contributed by atoms with E-state index < -0.39 is 0 Å². The van der Waals surface area contributed by atoms with E-state index in [1.54, 1.807) is 26.2 Å². The van der Waals surface area contributed by atoms with Crippen LogP contribution in [0.15, 0.2) is 66.7 Å². The molecule has 0 aliphatic carbocycles. The molecule has 0 amide bonds. The quantitative estimate of drug-likeness (QED) is 0.161. The fourth-order valence-corrected chi connectivity index (χ4v) is 6.16. The molecule has 1 saturated heterocycles. The van der Waals surface area contributed by atoms with Gasteiger partial charge in [-0.15, -0.1) is 11.3 Å². The van der Waals surface area contributed by atoms with Gasteiger partial charge in [-0.1, -0.05) is 18.6 Å². The molecule has 0 bridgehead atoms. The van der Waals surface area contributed by atoms with Gasteiger partial charge in [0.05, 0.1) is 19.3 Å². The molecule has 0 unspecified atom stereocenters. The number of ether oxygens (including phenoxy) is 3. The SMILES string of the molecule is CCOC(=O)c1ccc(-c2sc3cc(OC)ccc3c2C(=O)c2ccc(OCCN3CCCCC3)cc2)cc1. The highest BCUT2D eigenvalue weighted by atomic mass is 32.1. The number of carbonyl (C=O) groups excluding carboxylic acids is 2. The Morgan fingerprint density at radius 1 is 0.872 bits per heavy atom. The van der Waals surface area contributed by atoms with E-state index in [0.29, 0.717) is 29.9 Å². The first-order valence-electron chi connectivity index (χ1n) is 13.5. The van der Waals surface area contributed by atoms with Crippen molar-refractivity contribution in [1.29, 1.82) is 0 Å². The minimum atomic E-state index is -0.361. The van der Waals surface area contributed by atoms with Gasteiger partial charge in [-0.25, -0.2) is 4.79 Å². The molecular weight excluding hydrogens is 510 g/mol. The van der Waals surface area contributed by atoms with Gasteiger partial charge < -0.3 is 14.2 Å². The molecule has 202 valence electrons. The molecule has 0 spiro atoms. The third-order valence-electron chi connectivity index (χ3n) is 7.02. The Bertz CT molecular complexity index is 1440. The number of hydrogen-bond acceptors (Lipinski definition) is 7. The number of piperidine rings is 1. The molecule has 39 heavy (non-hydrogen) atoms. The second kappa shape index (κ2) is 12.5. The Balaban J connectivity index is 1.40. The van der Waals surface area contributed by atoms with Gasteiger partial charge in [-0.2, -0.15) is 0 Å². The third kappa shape index (κ3) is 6.15. The van der Waals surface area contributed by atoms with Crippen LogP contribution in [0.3, 0.4) is 0 Å². The first kappa shape index (κ1) is 26.9. The molecule has 0 radical (unpaired) electrons. The second-order valence-corrected chi connectivity index (χ2v) is 10.6. The maximum absolute atomic E-state index is 13.9. The summed E-state index contributed by atoms with van der Waals surface area (Å²) in [5.41, 5.74) is 2.58. The zero-order valence-corrected chi connectivity index (χ0v) is 23.2. The lowest BCUT2D eigenvalue weighted by Crippen LogP contribution is -2.33. The van der Waals surface area contributed by atoms with Crippen molar-refractivity contribution in [2.75, 3.05) is 40.0 Å². The van der Waals surface area contributed by atoms with Crippen molar-refractivity contribution in [3.05, 3.63) is 83.4 Å². The Hall–Kier alpha value is -3.68. The molecule has 5 rings (SSSR count). The first-order chi connectivity index (χ1) is 19.1. The minimum absolute atomic E-state index is 0.0595. The Morgan fingerprint density at radius 2 is 1.56 bits per heavy atom. The van der Waals surface area contributed by atoms with Gasteiger partial charge in [0, 0.05) is 32.6 Å². The number of benzene rings is 3. The molecular formula is C32H33NO5S. The van der Waals surface area contributed by atoms with Crippen LogP contribution in [-0.4, -0.2) is 56.6 Å². The standard InChI is InChI=1S/C32H33NO5S/c1-3-37-32(35)24-9-7-23(8-10-24)31-29(27-16-15-26(36-2)21-28(27)39-31)30(34)22-11-13-25(14-12-22)38-20-19-33-17-5-4-6-18-33/h7-16,21H,3-6,17-20H2,1-2H3. The topological polar surface area (TPSA) is 65.1 Å². The summed E-state index contributed by atoms with van der Waals surface area (Å²) in [6.07, 6.45) is 3.84. The van der Waals surface area contributed by atoms with E-state index in [-0.39, 0.29) is 11.8 Å². The van der Waals surface area contributed by atoms with Gasteiger partial charge in [0.1, 0.15) is 18.1 Å². The molecule has 1 aromatic heterocycles. The van der Waals surface area contributed by atoms with Crippen molar-refractivity contribution >= 4 is 33.2 Å². The lowest BCUT2D eigenvalue weighted by atomic mass is 9.97. The number of carbonyl (C=O) groups is 2. The Labute approximate surface area is 233 Å². The second-order valence-electron chi connectivity index (χ2n) is 9.57. The lowest BCUT2D eigenvalue weighted by molar-refractivity contribution is 0.0526. The molecule has 2 heterocycles. The van der Waals surface area contributed by atoms with Crippen molar-refractivity contribution in [2.45, 2.75) is 26.2 Å². The zero-order chi connectivity index (χ0) is 27.2. The molecule has 0 saturated carbocycles. The van der Waals surface area contributed by atoms with Gasteiger partial charge in [0.2, 0.25) is 0 Å². The molecule has 1 aliphatic heterocycles. The zero-order valence-electron chi connectivity index (χ0n) is 22.4. The van der Waals surface area contributed by atoms with Crippen molar-refractivity contribution in [3.8, 4) is 21.9 Å². The van der Waals surface area contributed by atoms with E-state index in [1.807, 2.05) is 54.6 Å². The number of hydrogen-bond donors (Lipinski definition) is 0.